The van der Waals surface area contributed by atoms with Crippen LogP contribution in [0.4, 0.5) is 0 Å². The second-order valence-electron chi connectivity index (χ2n) is 5.49. The molecule has 0 bridgehead atoms. The van der Waals surface area contributed by atoms with Crippen LogP contribution in [0.2, 0.25) is 0 Å². The number of nitrogens with zero attached hydrogens (tertiary/aromatic N) is 4. The normalized spacial score (nSPS) is 23.7. The fourth-order valence-corrected chi connectivity index (χ4v) is 2.73. The van der Waals surface area contributed by atoms with Crippen molar-refractivity contribution >= 4 is 0 Å². The Kier molecular flexibility index (Phi) is 4.93. The molecular formula is C13H26N6. The van der Waals surface area contributed by atoms with Crippen LogP contribution in [0, 0.1) is 0 Å². The van der Waals surface area contributed by atoms with E-state index in [-0.39, 0.29) is 6.04 Å². The monoisotopic (exact) mass is 266 g/mol. The molecule has 2 unspecified atom stereocenters. The van der Waals surface area contributed by atoms with Crippen LogP contribution in [-0.2, 0) is 6.54 Å². The van der Waals surface area contributed by atoms with E-state index in [2.05, 4.69) is 47.5 Å². The first-order valence-corrected chi connectivity index (χ1v) is 7.03. The molecule has 0 spiro atoms. The zero-order chi connectivity index (χ0) is 13.8. The molecule has 0 aliphatic carbocycles. The lowest BCUT2D eigenvalue weighted by Crippen LogP contribution is -2.56. The molecule has 1 aliphatic heterocycles. The number of rotatable bonds is 5. The van der Waals surface area contributed by atoms with Crippen LogP contribution >= 0.6 is 0 Å². The van der Waals surface area contributed by atoms with Crippen molar-refractivity contribution in [1.82, 2.24) is 25.0 Å². The molecule has 1 fully saturated rings. The first-order chi connectivity index (χ1) is 9.15. The number of likely N-dealkylation sites (N-methyl/N-ethyl adjacent to an activating group) is 2. The molecule has 6 heteroatoms. The van der Waals surface area contributed by atoms with Gasteiger partial charge in [0.15, 0.2) is 0 Å². The van der Waals surface area contributed by atoms with E-state index in [4.69, 9.17) is 5.84 Å². The summed E-state index contributed by atoms with van der Waals surface area (Å²) in [5.74, 6) is 5.79. The molecule has 0 radical (unpaired) electrons. The summed E-state index contributed by atoms with van der Waals surface area (Å²) in [6.45, 7) is 6.31. The number of hydrazine groups is 1. The summed E-state index contributed by atoms with van der Waals surface area (Å²) in [6.07, 6.45) is 5.13. The molecule has 19 heavy (non-hydrogen) atoms. The van der Waals surface area contributed by atoms with E-state index in [1.165, 1.54) is 5.56 Å². The van der Waals surface area contributed by atoms with Gasteiger partial charge >= 0.3 is 0 Å². The minimum Gasteiger partial charge on any atom is -0.303 e. The molecule has 0 amide bonds. The Balaban J connectivity index is 2.13. The molecule has 3 N–H and O–H groups in total. The first kappa shape index (κ1) is 14.5. The Morgan fingerprint density at radius 2 is 2.26 bits per heavy atom. The van der Waals surface area contributed by atoms with Crippen molar-refractivity contribution in [2.75, 3.05) is 33.7 Å². The minimum atomic E-state index is 0.123. The second-order valence-corrected chi connectivity index (χ2v) is 5.49. The number of piperazine rings is 1. The number of nitrogens with two attached hydrogens (primary N) is 1. The number of nitrogens with one attached hydrogen (secondary N) is 1. The largest absolute Gasteiger partial charge is 0.303 e. The van der Waals surface area contributed by atoms with Gasteiger partial charge in [0.05, 0.1) is 12.2 Å². The molecule has 1 aromatic rings. The Labute approximate surface area is 115 Å². The Morgan fingerprint density at radius 3 is 2.95 bits per heavy atom. The third kappa shape index (κ3) is 3.33. The van der Waals surface area contributed by atoms with Crippen molar-refractivity contribution in [2.24, 2.45) is 5.84 Å². The van der Waals surface area contributed by atoms with Crippen LogP contribution in [-0.4, -0.2) is 59.4 Å². The molecule has 6 nitrogen and oxygen atoms in total. The maximum atomic E-state index is 5.79. The van der Waals surface area contributed by atoms with Crippen molar-refractivity contribution in [2.45, 2.75) is 32.0 Å². The van der Waals surface area contributed by atoms with Gasteiger partial charge in [-0.25, -0.2) is 0 Å². The van der Waals surface area contributed by atoms with Crippen molar-refractivity contribution in [1.29, 1.82) is 0 Å². The van der Waals surface area contributed by atoms with E-state index in [0.717, 1.165) is 32.6 Å². The average Bonchev–Trinajstić information content (AvgIpc) is 2.83. The van der Waals surface area contributed by atoms with Crippen LogP contribution in [0.3, 0.4) is 0 Å². The standard InChI is InChI=1S/C13H26N6/c1-4-5-19-9-11(8-15-19)13(16-14)12-10-17(2)6-7-18(12)3/h8-9,12-13,16H,4-7,10,14H2,1-3H3. The van der Waals surface area contributed by atoms with Gasteiger partial charge in [-0.15, -0.1) is 0 Å². The highest BCUT2D eigenvalue weighted by Gasteiger charge is 2.30. The average molecular weight is 266 g/mol. The van der Waals surface area contributed by atoms with E-state index >= 15 is 0 Å². The lowest BCUT2D eigenvalue weighted by atomic mass is 9.99. The third-order valence-electron chi connectivity index (χ3n) is 3.93. The predicted octanol–water partition coefficient (Wildman–Crippen LogP) is 0.0433. The molecule has 1 aromatic heterocycles. The van der Waals surface area contributed by atoms with E-state index in [1.807, 2.05) is 10.9 Å². The fraction of sp³-hybridized carbons (Fsp3) is 0.769. The summed E-state index contributed by atoms with van der Waals surface area (Å²) < 4.78 is 1.99. The van der Waals surface area contributed by atoms with Crippen LogP contribution in [0.25, 0.3) is 0 Å². The van der Waals surface area contributed by atoms with Gasteiger partial charge in [0.1, 0.15) is 0 Å². The Hall–Kier alpha value is -0.950. The predicted molar refractivity (Wildman–Crippen MR) is 76.5 cm³/mol. The Bertz CT molecular complexity index is 390. The smallest absolute Gasteiger partial charge is 0.0658 e. The van der Waals surface area contributed by atoms with Gasteiger partial charge < -0.3 is 4.90 Å². The summed E-state index contributed by atoms with van der Waals surface area (Å²) in [5, 5.41) is 4.40. The highest BCUT2D eigenvalue weighted by Crippen LogP contribution is 2.22. The molecule has 2 heterocycles. The maximum Gasteiger partial charge on any atom is 0.0658 e. The zero-order valence-electron chi connectivity index (χ0n) is 12.2. The summed E-state index contributed by atoms with van der Waals surface area (Å²) in [6, 6.07) is 0.501. The third-order valence-corrected chi connectivity index (χ3v) is 3.93. The van der Waals surface area contributed by atoms with Gasteiger partial charge in [0.25, 0.3) is 0 Å². The highest BCUT2D eigenvalue weighted by atomic mass is 15.3. The van der Waals surface area contributed by atoms with Crippen LogP contribution in [0.5, 0.6) is 0 Å². The lowest BCUT2D eigenvalue weighted by molar-refractivity contribution is 0.0876. The summed E-state index contributed by atoms with van der Waals surface area (Å²) in [4.78, 5) is 4.73. The molecule has 2 atom stereocenters. The van der Waals surface area contributed by atoms with Gasteiger partial charge in [-0.05, 0) is 20.5 Å². The van der Waals surface area contributed by atoms with E-state index < -0.39 is 0 Å². The van der Waals surface area contributed by atoms with Gasteiger partial charge in [0, 0.05) is 44.0 Å². The number of aryl methyl sites for hydroxylation is 1. The van der Waals surface area contributed by atoms with E-state index in [0.29, 0.717) is 6.04 Å². The quantitative estimate of drug-likeness (QED) is 0.582. The van der Waals surface area contributed by atoms with Crippen LogP contribution < -0.4 is 11.3 Å². The number of aromatic nitrogens is 2. The summed E-state index contributed by atoms with van der Waals surface area (Å²) in [5.41, 5.74) is 4.14. The second kappa shape index (κ2) is 6.47. The van der Waals surface area contributed by atoms with Crippen LogP contribution in [0.1, 0.15) is 24.9 Å². The topological polar surface area (TPSA) is 62.4 Å². The number of hydrogen-bond acceptors (Lipinski definition) is 5. The zero-order valence-corrected chi connectivity index (χ0v) is 12.2. The lowest BCUT2D eigenvalue weighted by Gasteiger charge is -2.41. The van der Waals surface area contributed by atoms with Crippen molar-refractivity contribution in [3.63, 3.8) is 0 Å². The maximum absolute atomic E-state index is 5.79. The van der Waals surface area contributed by atoms with Crippen LogP contribution in [0.15, 0.2) is 12.4 Å². The molecule has 2 rings (SSSR count). The molecule has 1 aliphatic rings. The van der Waals surface area contributed by atoms with Crippen molar-refractivity contribution in [3.8, 4) is 0 Å². The summed E-state index contributed by atoms with van der Waals surface area (Å²) in [7, 11) is 4.33. The Morgan fingerprint density at radius 1 is 1.47 bits per heavy atom. The first-order valence-electron chi connectivity index (χ1n) is 7.03. The van der Waals surface area contributed by atoms with Gasteiger partial charge in [-0.2, -0.15) is 5.10 Å². The van der Waals surface area contributed by atoms with Crippen molar-refractivity contribution in [3.05, 3.63) is 18.0 Å². The molecule has 0 saturated carbocycles. The molecular weight excluding hydrogens is 240 g/mol. The molecule has 1 saturated heterocycles. The summed E-state index contributed by atoms with van der Waals surface area (Å²) >= 11 is 0. The SMILES string of the molecule is CCCn1cc(C(NN)C2CN(C)CCN2C)cn1. The minimum absolute atomic E-state index is 0.123. The van der Waals surface area contributed by atoms with E-state index in [9.17, 15) is 0 Å². The molecule has 0 aromatic carbocycles. The van der Waals surface area contributed by atoms with E-state index in [1.54, 1.807) is 0 Å². The fourth-order valence-electron chi connectivity index (χ4n) is 2.73. The molecule has 108 valence electrons. The number of hydrogen-bond donors (Lipinski definition) is 2. The van der Waals surface area contributed by atoms with Gasteiger partial charge in [0.2, 0.25) is 0 Å². The van der Waals surface area contributed by atoms with Crippen molar-refractivity contribution < 1.29 is 0 Å². The van der Waals surface area contributed by atoms with Gasteiger partial charge in [-0.1, -0.05) is 6.92 Å². The van der Waals surface area contributed by atoms with Gasteiger partial charge in [-0.3, -0.25) is 20.9 Å². The highest BCUT2D eigenvalue weighted by molar-refractivity contribution is 5.14.